The lowest BCUT2D eigenvalue weighted by atomic mass is 9.68. The Balaban J connectivity index is 0.00000294. The quantitative estimate of drug-likeness (QED) is 0.0760. The Morgan fingerprint density at radius 3 is 2.36 bits per heavy atom. The number of nitrogen functional groups attached to an aromatic ring is 1. The zero-order chi connectivity index (χ0) is 34.0. The Morgan fingerprint density at radius 2 is 1.70 bits per heavy atom. The predicted octanol–water partition coefficient (Wildman–Crippen LogP) is 6.29. The zero-order valence-corrected chi connectivity index (χ0v) is 29.9. The first-order valence-electron chi connectivity index (χ1n) is 17.5. The topological polar surface area (TPSA) is 87.4 Å². The minimum absolute atomic E-state index is 0.355. The predicted molar refractivity (Wildman–Crippen MR) is 202 cm³/mol. The van der Waals surface area contributed by atoms with Crippen LogP contribution in [0, 0.1) is 11.8 Å². The van der Waals surface area contributed by atoms with Crippen LogP contribution in [-0.4, -0.2) is 96.4 Å². The van der Waals surface area contributed by atoms with Crippen molar-refractivity contribution < 1.29 is 9.47 Å². The molecule has 1 heterocycles. The van der Waals surface area contributed by atoms with Crippen molar-refractivity contribution in [2.45, 2.75) is 52.5 Å². The van der Waals surface area contributed by atoms with E-state index in [0.29, 0.717) is 31.1 Å². The highest BCUT2D eigenvalue weighted by atomic mass is 16.5. The van der Waals surface area contributed by atoms with Crippen LogP contribution in [0.25, 0.3) is 0 Å². The van der Waals surface area contributed by atoms with Gasteiger partial charge in [-0.2, -0.15) is 0 Å². The van der Waals surface area contributed by atoms with Gasteiger partial charge >= 0.3 is 0 Å². The molecule has 4 N–H and O–H groups in total. The molecule has 1 aliphatic heterocycles. The molecular weight excluding hydrogens is 584 g/mol. The van der Waals surface area contributed by atoms with Crippen LogP contribution in [0.3, 0.4) is 0 Å². The third-order valence-electron chi connectivity index (χ3n) is 9.43. The van der Waals surface area contributed by atoms with Gasteiger partial charge in [-0.25, -0.2) is 0 Å². The van der Waals surface area contributed by atoms with Gasteiger partial charge in [-0.05, 0) is 88.9 Å². The highest BCUT2D eigenvalue weighted by Crippen LogP contribution is 2.40. The second-order valence-corrected chi connectivity index (χ2v) is 12.8. The summed E-state index contributed by atoms with van der Waals surface area (Å²) in [6, 6.07) is 15.8. The summed E-state index contributed by atoms with van der Waals surface area (Å²) >= 11 is 0. The number of likely N-dealkylation sites (N-methyl/N-ethyl adjacent to an activating group) is 2. The van der Waals surface area contributed by atoms with Crippen molar-refractivity contribution in [2.75, 3.05) is 95.7 Å². The first-order chi connectivity index (χ1) is 22.9. The molecule has 47 heavy (non-hydrogen) atoms. The number of hydrogen-bond donors (Lipinski definition) is 3. The lowest BCUT2D eigenvalue weighted by Gasteiger charge is -2.44. The van der Waals surface area contributed by atoms with Crippen LogP contribution >= 0.6 is 0 Å². The maximum atomic E-state index is 6.59. The molecule has 3 atom stereocenters. The molecule has 1 aliphatic carbocycles. The maximum Gasteiger partial charge on any atom is 0.0701 e. The normalized spacial score (nSPS) is 20.4. The van der Waals surface area contributed by atoms with E-state index in [1.165, 1.54) is 22.4 Å². The fourth-order valence-corrected chi connectivity index (χ4v) is 6.11. The standard InChI is InChI=1S/C37H58N6O2.C2H4/c1-6-28(2)24-32-25-37(41-36-14-13-33(26-35(36)38)43-18-16-42(5)17-19-43)34(32)27-40-29(3)31-11-9-30(10-12-31)8-7-20-44-22-23-45-21-15-39-4;1-2/h9-14,24,26,32,34,37,39,41H,6-8,15-23,25,27,38H2,1-5H3;1-2H2/b28-24-,40-29?;. The van der Waals surface area contributed by atoms with Crippen LogP contribution in [0.2, 0.25) is 0 Å². The van der Waals surface area contributed by atoms with Crippen molar-refractivity contribution in [1.29, 1.82) is 0 Å². The molecule has 260 valence electrons. The summed E-state index contributed by atoms with van der Waals surface area (Å²) in [5, 5.41) is 6.87. The number of hydrogen-bond acceptors (Lipinski definition) is 8. The van der Waals surface area contributed by atoms with E-state index in [4.69, 9.17) is 20.2 Å². The molecule has 3 unspecified atom stereocenters. The summed E-state index contributed by atoms with van der Waals surface area (Å²) in [4.78, 5) is 9.93. The first kappa shape index (κ1) is 38.3. The van der Waals surface area contributed by atoms with Crippen LogP contribution in [-0.2, 0) is 15.9 Å². The molecule has 0 spiro atoms. The number of rotatable bonds is 18. The zero-order valence-electron chi connectivity index (χ0n) is 29.9. The van der Waals surface area contributed by atoms with Gasteiger partial charge in [0.15, 0.2) is 0 Å². The number of anilines is 3. The molecule has 8 heteroatoms. The van der Waals surface area contributed by atoms with Gasteiger partial charge < -0.3 is 35.6 Å². The van der Waals surface area contributed by atoms with Gasteiger partial charge in [0, 0.05) is 69.2 Å². The van der Waals surface area contributed by atoms with Crippen LogP contribution in [0.4, 0.5) is 17.1 Å². The number of ether oxygens (including phenoxy) is 2. The van der Waals surface area contributed by atoms with E-state index < -0.39 is 0 Å². The largest absolute Gasteiger partial charge is 0.397 e. The van der Waals surface area contributed by atoms with E-state index in [1.807, 2.05) is 7.05 Å². The van der Waals surface area contributed by atoms with Gasteiger partial charge in [0.25, 0.3) is 0 Å². The van der Waals surface area contributed by atoms with Gasteiger partial charge in [0.05, 0.1) is 31.2 Å². The Bertz CT molecular complexity index is 1240. The molecule has 1 saturated carbocycles. The van der Waals surface area contributed by atoms with E-state index >= 15 is 0 Å². The number of nitrogens with one attached hydrogen (secondary N) is 2. The number of allylic oxidation sites excluding steroid dienone is 2. The monoisotopic (exact) mass is 646 g/mol. The van der Waals surface area contributed by atoms with Gasteiger partial charge in [0.1, 0.15) is 0 Å². The maximum absolute atomic E-state index is 6.59. The smallest absolute Gasteiger partial charge is 0.0701 e. The van der Waals surface area contributed by atoms with Crippen molar-refractivity contribution in [3.63, 3.8) is 0 Å². The average molecular weight is 647 g/mol. The van der Waals surface area contributed by atoms with E-state index in [9.17, 15) is 0 Å². The minimum atomic E-state index is 0.355. The van der Waals surface area contributed by atoms with E-state index in [0.717, 1.165) is 95.3 Å². The summed E-state index contributed by atoms with van der Waals surface area (Å²) in [5.41, 5.74) is 14.8. The highest BCUT2D eigenvalue weighted by molar-refractivity contribution is 5.98. The summed E-state index contributed by atoms with van der Waals surface area (Å²) in [6.07, 6.45) is 6.69. The first-order valence-corrected chi connectivity index (χ1v) is 17.5. The van der Waals surface area contributed by atoms with Gasteiger partial charge in [0.2, 0.25) is 0 Å². The number of nitrogens with two attached hydrogens (primary N) is 1. The third kappa shape index (κ3) is 12.4. The minimum Gasteiger partial charge on any atom is -0.397 e. The highest BCUT2D eigenvalue weighted by Gasteiger charge is 2.39. The molecule has 1 saturated heterocycles. The van der Waals surface area contributed by atoms with E-state index in [1.54, 1.807) is 0 Å². The van der Waals surface area contributed by atoms with Crippen LogP contribution in [0.5, 0.6) is 0 Å². The molecule has 2 aromatic rings. The molecule has 0 radical (unpaired) electrons. The van der Waals surface area contributed by atoms with Gasteiger partial charge in [-0.1, -0.05) is 42.8 Å². The third-order valence-corrected chi connectivity index (χ3v) is 9.43. The Morgan fingerprint density at radius 1 is 1.00 bits per heavy atom. The van der Waals surface area contributed by atoms with Crippen LogP contribution in [0.1, 0.15) is 51.2 Å². The number of aliphatic imine (C=N–C) groups is 1. The van der Waals surface area contributed by atoms with Crippen molar-refractivity contribution in [3.05, 3.63) is 78.4 Å². The molecule has 0 bridgehead atoms. The lowest BCUT2D eigenvalue weighted by molar-refractivity contribution is 0.0484. The summed E-state index contributed by atoms with van der Waals surface area (Å²) < 4.78 is 11.2. The average Bonchev–Trinajstić information content (AvgIpc) is 3.09. The number of piperazine rings is 1. The summed E-state index contributed by atoms with van der Waals surface area (Å²) in [5.74, 6) is 0.973. The SMILES string of the molecule is C=C.CC/C(C)=C\C1CC(Nc2ccc(N3CCN(C)CC3)cc2N)C1CN=C(C)c1ccc(CCCOCCOCCNC)cc1. The lowest BCUT2D eigenvalue weighted by Crippen LogP contribution is -2.47. The molecule has 2 aliphatic rings. The summed E-state index contributed by atoms with van der Waals surface area (Å²) in [7, 11) is 4.11. The molecule has 8 nitrogen and oxygen atoms in total. The molecule has 4 rings (SSSR count). The van der Waals surface area contributed by atoms with Gasteiger partial charge in [-0.3, -0.25) is 4.99 Å². The summed E-state index contributed by atoms with van der Waals surface area (Å²) in [6.45, 7) is 21.3. The number of nitrogens with zero attached hydrogens (tertiary/aromatic N) is 3. The Hall–Kier alpha value is -3.17. The fourth-order valence-electron chi connectivity index (χ4n) is 6.11. The van der Waals surface area contributed by atoms with Crippen molar-refractivity contribution in [3.8, 4) is 0 Å². The molecule has 2 aromatic carbocycles. The second kappa shape index (κ2) is 20.9. The number of aryl methyl sites for hydroxylation is 1. The van der Waals surface area contributed by atoms with Crippen LogP contribution in [0.15, 0.2) is 72.3 Å². The number of benzene rings is 2. The van der Waals surface area contributed by atoms with Crippen LogP contribution < -0.4 is 21.3 Å². The van der Waals surface area contributed by atoms with Crippen molar-refractivity contribution >= 4 is 22.8 Å². The molecule has 0 aromatic heterocycles. The van der Waals surface area contributed by atoms with Gasteiger partial charge in [-0.15, -0.1) is 13.2 Å². The van der Waals surface area contributed by atoms with E-state index in [2.05, 4.69) is 110 Å². The van der Waals surface area contributed by atoms with Crippen molar-refractivity contribution in [1.82, 2.24) is 10.2 Å². The second-order valence-electron chi connectivity index (χ2n) is 12.8. The van der Waals surface area contributed by atoms with E-state index in [-0.39, 0.29) is 0 Å². The Labute approximate surface area is 285 Å². The fraction of sp³-hybridized carbons (Fsp3) is 0.564. The van der Waals surface area contributed by atoms with Crippen molar-refractivity contribution in [2.24, 2.45) is 16.8 Å². The molecule has 0 amide bonds. The molecular formula is C39H62N6O2. The Kier molecular flexibility index (Phi) is 17.1. The molecule has 2 fully saturated rings.